The van der Waals surface area contributed by atoms with E-state index in [1.807, 2.05) is 0 Å². The molecular weight excluding hydrogens is 1210 g/mol. The summed E-state index contributed by atoms with van der Waals surface area (Å²) in [5.74, 6) is -13.3. The summed E-state index contributed by atoms with van der Waals surface area (Å²) in [5, 5.41) is 233. The van der Waals surface area contributed by atoms with Gasteiger partial charge in [-0.25, -0.2) is 9.59 Å². The number of hydrogen-bond donors (Lipinski definition) is 24. The molecule has 5 aliphatic heterocycles. The van der Waals surface area contributed by atoms with Crippen molar-refractivity contribution in [1.29, 1.82) is 0 Å². The molecule has 0 aliphatic carbocycles. The number of carboxylic acids is 2. The predicted octanol–water partition coefficient (Wildman–Crippen LogP) is -15.4. The van der Waals surface area contributed by atoms with Crippen LogP contribution < -0.4 is 16.0 Å². The van der Waals surface area contributed by atoms with Gasteiger partial charge in [0.25, 0.3) is 11.6 Å². The Kier molecular flexibility index (Phi) is 27.1. The van der Waals surface area contributed by atoms with E-state index in [-0.39, 0.29) is 6.29 Å². The molecule has 5 saturated heterocycles. The number of rotatable bonds is 29. The lowest BCUT2D eigenvalue weighted by atomic mass is 9.88. The maximum absolute atomic E-state index is 13.2. The highest BCUT2D eigenvalue weighted by atomic mass is 16.8. The van der Waals surface area contributed by atoms with Crippen molar-refractivity contribution in [3.05, 3.63) is 0 Å². The average molecular weight is 1290 g/mol. The molecule has 24 N–H and O–H groups in total. The summed E-state index contributed by atoms with van der Waals surface area (Å²) in [6.07, 6.45) is -61.3. The minimum atomic E-state index is -3.22. The van der Waals surface area contributed by atoms with Crippen LogP contribution in [0.4, 0.5) is 0 Å². The average Bonchev–Trinajstić information content (AvgIpc) is 3.21. The summed E-state index contributed by atoms with van der Waals surface area (Å²) in [6.45, 7) is -4.68. The predicted molar refractivity (Wildman–Crippen MR) is 270 cm³/mol. The fourth-order valence-electron chi connectivity index (χ4n) is 10.4. The molecule has 0 bridgehead atoms. The lowest BCUT2D eigenvalue weighted by Crippen LogP contribution is -2.71. The van der Waals surface area contributed by atoms with Gasteiger partial charge < -0.3 is 175 Å². The number of ether oxygens (including phenoxy) is 10. The quantitative estimate of drug-likeness (QED) is 0.0309. The van der Waals surface area contributed by atoms with Crippen molar-refractivity contribution >= 4 is 35.9 Å². The third kappa shape index (κ3) is 16.9. The maximum atomic E-state index is 13.2. The van der Waals surface area contributed by atoms with Gasteiger partial charge in [-0.1, -0.05) is 0 Å². The van der Waals surface area contributed by atoms with E-state index in [2.05, 4.69) is 16.0 Å². The van der Waals surface area contributed by atoms with Gasteiger partial charge in [0.1, 0.15) is 134 Å². The van der Waals surface area contributed by atoms with Crippen LogP contribution in [0.3, 0.4) is 0 Å². The molecule has 0 aromatic heterocycles. The van der Waals surface area contributed by atoms with Crippen LogP contribution in [-0.4, -0.2) is 372 Å². The fraction of sp³-hybridized carbons (Fsp3) is 0.875. The lowest BCUT2D eigenvalue weighted by molar-refractivity contribution is -0.379. The summed E-state index contributed by atoms with van der Waals surface area (Å²) in [4.78, 5) is 75.0. The van der Waals surface area contributed by atoms with E-state index >= 15 is 0 Å². The van der Waals surface area contributed by atoms with Crippen LogP contribution in [0.15, 0.2) is 0 Å². The van der Waals surface area contributed by atoms with E-state index in [1.54, 1.807) is 0 Å². The Hall–Kier alpha value is -4.14. The molecular formula is C48H79N3O37. The molecule has 0 aromatic carbocycles. The first-order valence-corrected chi connectivity index (χ1v) is 27.1. The summed E-state index contributed by atoms with van der Waals surface area (Å²) >= 11 is 0. The van der Waals surface area contributed by atoms with Crippen LogP contribution in [0.5, 0.6) is 0 Å². The van der Waals surface area contributed by atoms with Crippen LogP contribution in [0.2, 0.25) is 0 Å². The highest BCUT2D eigenvalue weighted by Gasteiger charge is 2.61. The summed E-state index contributed by atoms with van der Waals surface area (Å²) in [7, 11) is 0. The van der Waals surface area contributed by atoms with Crippen LogP contribution in [0.25, 0.3) is 0 Å². The number of carbonyl (C=O) groups excluding carboxylic acids is 4. The second kappa shape index (κ2) is 31.9. The Labute approximate surface area is 496 Å². The first-order valence-electron chi connectivity index (χ1n) is 27.1. The number of aliphatic carboxylic acids is 2. The van der Waals surface area contributed by atoms with E-state index in [9.17, 15) is 136 Å². The van der Waals surface area contributed by atoms with Gasteiger partial charge in [0.05, 0.1) is 63.9 Å². The largest absolute Gasteiger partial charge is 0.477 e. The van der Waals surface area contributed by atoms with Gasteiger partial charge in [-0.15, -0.1) is 0 Å². The SMILES string of the molecule is CC(=O)N[C@H]1[C@H](O[C@H]2[C@@H](O)[C@@H](CO)O[C@@H](O[C@@H]([C@H](O)[C@@H](O)C=O)[C@H](O)CO)[C@@H]2O)O[C@H](CO[C@]2(C(=O)O)C[C@H](O)[C@@H](NC(C)=O)[C@H]([C@H](O)[C@H](O)CO)O2)[C@@H](O)[C@@H]1O[C@@H]1O[C@H](CO[C@]2(C(=O)O)C[C@H](O)[C@@H](NC(C)=O)[C@H]([C@H](O)[C@H](O)CO)O2)[C@H](O)[C@H](O)[C@H]1O. The van der Waals surface area contributed by atoms with Gasteiger partial charge in [0.15, 0.2) is 25.2 Å². The number of aldehydes is 1. The zero-order valence-electron chi connectivity index (χ0n) is 46.9. The number of aliphatic hydroxyl groups is 19. The molecule has 0 aromatic rings. The molecule has 31 atom stereocenters. The summed E-state index contributed by atoms with van der Waals surface area (Å²) in [6, 6.07) is -5.56. The van der Waals surface area contributed by atoms with Crippen LogP contribution in [0, 0.1) is 0 Å². The van der Waals surface area contributed by atoms with Crippen molar-refractivity contribution in [3.8, 4) is 0 Å². The molecule has 40 nitrogen and oxygen atoms in total. The van der Waals surface area contributed by atoms with E-state index < -0.39 is 271 Å². The standard InChI is InChI=1S/C48H79N3O37/c1-13(57)49-25-16(60)4-47(45(75)76,87-39(25)29(67)19(63)7-53)79-11-23-31(69)34(72)35(73)43(83-23)85-38-27(51-15(3)59)42(86-41-32(70)22(10-56)81-44(36(41)74)84-37(21(65)9-55)28(66)18(62)6-52)82-24(33(38)71)12-80-48(46(77)78)5-17(61)26(50-14(2)58)40(88-48)30(68)20(64)8-54/h6,16-44,53-56,60-74H,4-5,7-12H2,1-3H3,(H,49,57)(H,50,58)(H,51,59)(H,75,76)(H,77,78)/t16-,17-,18-,19+,20+,21+,22+,23+,24+,25+,26+,27+,28+,29+,30+,31-,32-,33+,34-,35+,36+,37+,38+,39+,40+,41-,42-,43-,44-,47+,48+/m0/s1. The molecule has 5 fully saturated rings. The number of amides is 3. The molecule has 5 aliphatic rings. The van der Waals surface area contributed by atoms with Gasteiger partial charge in [-0.05, 0) is 0 Å². The number of carbonyl (C=O) groups is 6. The first kappa shape index (κ1) is 74.6. The Morgan fingerprint density at radius 3 is 1.35 bits per heavy atom. The number of hydrogen-bond acceptors (Lipinski definition) is 35. The van der Waals surface area contributed by atoms with Gasteiger partial charge >= 0.3 is 11.9 Å². The van der Waals surface area contributed by atoms with Crippen molar-refractivity contribution in [1.82, 2.24) is 16.0 Å². The lowest BCUT2D eigenvalue weighted by Gasteiger charge is -2.51. The molecule has 3 amide bonds. The minimum Gasteiger partial charge on any atom is -0.477 e. The fourth-order valence-corrected chi connectivity index (χ4v) is 10.4. The van der Waals surface area contributed by atoms with Crippen LogP contribution in [0.1, 0.15) is 33.6 Å². The van der Waals surface area contributed by atoms with E-state index in [0.717, 1.165) is 20.8 Å². The van der Waals surface area contributed by atoms with E-state index in [4.69, 9.17) is 47.4 Å². The zero-order valence-corrected chi connectivity index (χ0v) is 46.9. The van der Waals surface area contributed by atoms with Crippen LogP contribution in [-0.2, 0) is 76.1 Å². The molecule has 5 rings (SSSR count). The molecule has 508 valence electrons. The molecule has 0 spiro atoms. The highest BCUT2D eigenvalue weighted by Crippen LogP contribution is 2.39. The Morgan fingerprint density at radius 1 is 0.523 bits per heavy atom. The van der Waals surface area contributed by atoms with Crippen molar-refractivity contribution < 1.29 is 183 Å². The number of aliphatic hydroxyl groups excluding tert-OH is 19. The molecule has 5 heterocycles. The molecule has 0 saturated carbocycles. The molecule has 0 radical (unpaired) electrons. The summed E-state index contributed by atoms with van der Waals surface area (Å²) < 4.78 is 57.3. The van der Waals surface area contributed by atoms with Crippen molar-refractivity contribution in [2.75, 3.05) is 39.6 Å². The zero-order chi connectivity index (χ0) is 66.2. The molecule has 0 unspecified atom stereocenters. The second-order valence-corrected chi connectivity index (χ2v) is 21.5. The van der Waals surface area contributed by atoms with Gasteiger partial charge in [-0.2, -0.15) is 0 Å². The Bertz CT molecular complexity index is 2300. The van der Waals surface area contributed by atoms with Crippen molar-refractivity contribution in [2.45, 2.75) is 223 Å². The number of carboxylic acid groups (broad SMARTS) is 2. The Balaban J connectivity index is 1.58. The van der Waals surface area contributed by atoms with E-state index in [0.29, 0.717) is 0 Å². The van der Waals surface area contributed by atoms with E-state index in [1.165, 1.54) is 0 Å². The third-order valence-electron chi connectivity index (χ3n) is 15.1. The monoisotopic (exact) mass is 1290 g/mol. The molecule has 88 heavy (non-hydrogen) atoms. The van der Waals surface area contributed by atoms with Gasteiger partial charge in [-0.3, -0.25) is 14.4 Å². The van der Waals surface area contributed by atoms with Gasteiger partial charge in [0, 0.05) is 33.6 Å². The third-order valence-corrected chi connectivity index (χ3v) is 15.1. The normalized spacial score (nSPS) is 40.8. The number of nitrogens with one attached hydrogen (secondary N) is 3. The molecule has 40 heteroatoms. The van der Waals surface area contributed by atoms with Gasteiger partial charge in [0.2, 0.25) is 17.7 Å². The second-order valence-electron chi connectivity index (χ2n) is 21.5. The van der Waals surface area contributed by atoms with Crippen LogP contribution >= 0.6 is 0 Å². The first-order chi connectivity index (χ1) is 41.2. The highest BCUT2D eigenvalue weighted by molar-refractivity contribution is 5.77. The minimum absolute atomic E-state index is 0.207. The summed E-state index contributed by atoms with van der Waals surface area (Å²) in [5.41, 5.74) is 0. The smallest absolute Gasteiger partial charge is 0.364 e. The topological polar surface area (TPSA) is 656 Å². The van der Waals surface area contributed by atoms with Crippen molar-refractivity contribution in [2.24, 2.45) is 0 Å². The maximum Gasteiger partial charge on any atom is 0.364 e. The Morgan fingerprint density at radius 2 is 0.932 bits per heavy atom. The van der Waals surface area contributed by atoms with Crippen molar-refractivity contribution in [3.63, 3.8) is 0 Å².